The maximum absolute atomic E-state index is 11.9. The molecule has 0 fully saturated rings. The molecule has 1 aromatic carbocycles. The number of rotatable bonds is 2. The average molecular weight is 234 g/mol. The Bertz CT molecular complexity index is 457. The average Bonchev–Trinajstić information content (AvgIpc) is 2.32. The van der Waals surface area contributed by atoms with Gasteiger partial charge >= 0.3 is 0 Å². The zero-order chi connectivity index (χ0) is 12.6. The molecule has 0 saturated heterocycles. The summed E-state index contributed by atoms with van der Waals surface area (Å²) in [5, 5.41) is 3.19. The zero-order valence-corrected chi connectivity index (χ0v) is 10.7. The Morgan fingerprint density at radius 1 is 1.47 bits per heavy atom. The van der Waals surface area contributed by atoms with Gasteiger partial charge in [0.15, 0.2) is 0 Å². The summed E-state index contributed by atoms with van der Waals surface area (Å²) in [5.41, 5.74) is 3.16. The fraction of sp³-hybridized carbons (Fsp3) is 0.462. The van der Waals surface area contributed by atoms with Crippen molar-refractivity contribution in [2.45, 2.75) is 19.4 Å². The number of nitrogens with one attached hydrogen (secondary N) is 1. The SMILES string of the molecule is CNC1CC(=O)N(C)c2c(OC)cc(C)cc21. The molecule has 1 atom stereocenters. The number of carbonyl (C=O) groups excluding carboxylic acids is 1. The smallest absolute Gasteiger partial charge is 0.228 e. The fourth-order valence-corrected chi connectivity index (χ4v) is 2.36. The van der Waals surface area contributed by atoms with E-state index in [1.165, 1.54) is 0 Å². The predicted molar refractivity (Wildman–Crippen MR) is 67.6 cm³/mol. The molecule has 1 N–H and O–H groups in total. The number of nitrogens with zero attached hydrogens (tertiary/aromatic N) is 1. The van der Waals surface area contributed by atoms with Crippen LogP contribution in [0.15, 0.2) is 12.1 Å². The van der Waals surface area contributed by atoms with Crippen molar-refractivity contribution in [3.8, 4) is 5.75 Å². The highest BCUT2D eigenvalue weighted by Gasteiger charge is 2.30. The van der Waals surface area contributed by atoms with E-state index < -0.39 is 0 Å². The molecule has 1 aliphatic heterocycles. The second-order valence-electron chi connectivity index (χ2n) is 4.40. The minimum atomic E-state index is 0.0718. The monoisotopic (exact) mass is 234 g/mol. The number of aryl methyl sites for hydroxylation is 1. The lowest BCUT2D eigenvalue weighted by Crippen LogP contribution is -2.37. The number of carbonyl (C=O) groups is 1. The van der Waals surface area contributed by atoms with Gasteiger partial charge in [-0.1, -0.05) is 6.07 Å². The van der Waals surface area contributed by atoms with Gasteiger partial charge in [0.1, 0.15) is 5.75 Å². The molecule has 0 spiro atoms. The van der Waals surface area contributed by atoms with E-state index in [0.29, 0.717) is 6.42 Å². The minimum Gasteiger partial charge on any atom is -0.495 e. The second kappa shape index (κ2) is 4.37. The Kier molecular flexibility index (Phi) is 3.07. The van der Waals surface area contributed by atoms with Crippen molar-refractivity contribution in [1.82, 2.24) is 5.32 Å². The van der Waals surface area contributed by atoms with Crippen molar-refractivity contribution in [3.05, 3.63) is 23.3 Å². The van der Waals surface area contributed by atoms with E-state index in [4.69, 9.17) is 4.74 Å². The summed E-state index contributed by atoms with van der Waals surface area (Å²) in [6.07, 6.45) is 0.493. The molecule has 0 aromatic heterocycles. The quantitative estimate of drug-likeness (QED) is 0.845. The lowest BCUT2D eigenvalue weighted by molar-refractivity contribution is -0.119. The van der Waals surface area contributed by atoms with Crippen LogP contribution < -0.4 is 15.0 Å². The summed E-state index contributed by atoms with van der Waals surface area (Å²) in [6.45, 7) is 2.03. The molecule has 17 heavy (non-hydrogen) atoms. The van der Waals surface area contributed by atoms with Crippen LogP contribution in [0.3, 0.4) is 0 Å². The van der Waals surface area contributed by atoms with Crippen molar-refractivity contribution in [2.75, 3.05) is 26.1 Å². The van der Waals surface area contributed by atoms with E-state index in [9.17, 15) is 4.79 Å². The molecule has 4 heteroatoms. The van der Waals surface area contributed by atoms with Crippen LogP contribution >= 0.6 is 0 Å². The van der Waals surface area contributed by atoms with Gasteiger partial charge in [-0.15, -0.1) is 0 Å². The van der Waals surface area contributed by atoms with Crippen molar-refractivity contribution in [2.24, 2.45) is 0 Å². The van der Waals surface area contributed by atoms with Crippen LogP contribution in [-0.4, -0.2) is 27.1 Å². The van der Waals surface area contributed by atoms with Gasteiger partial charge in [-0.25, -0.2) is 0 Å². The standard InChI is InChI=1S/C13H18N2O2/c1-8-5-9-10(14-2)7-12(16)15(3)13(9)11(6-8)17-4/h5-6,10,14H,7H2,1-4H3. The molecule has 2 rings (SSSR count). The molecule has 92 valence electrons. The Hall–Kier alpha value is -1.55. The summed E-state index contributed by atoms with van der Waals surface area (Å²) in [7, 11) is 5.31. The van der Waals surface area contributed by atoms with Crippen molar-refractivity contribution < 1.29 is 9.53 Å². The molecule has 1 amide bonds. The van der Waals surface area contributed by atoms with Crippen molar-refractivity contribution in [3.63, 3.8) is 0 Å². The van der Waals surface area contributed by atoms with Gasteiger partial charge in [0.25, 0.3) is 0 Å². The first-order chi connectivity index (χ1) is 8.08. The van der Waals surface area contributed by atoms with Crippen LogP contribution in [0.4, 0.5) is 5.69 Å². The van der Waals surface area contributed by atoms with Crippen LogP contribution in [0.5, 0.6) is 5.75 Å². The van der Waals surface area contributed by atoms with Gasteiger partial charge in [-0.3, -0.25) is 4.79 Å². The number of methoxy groups -OCH3 is 1. The Balaban J connectivity index is 2.64. The lowest BCUT2D eigenvalue weighted by atomic mass is 9.94. The number of benzene rings is 1. The van der Waals surface area contributed by atoms with Gasteiger partial charge in [0, 0.05) is 19.5 Å². The van der Waals surface area contributed by atoms with E-state index in [0.717, 1.165) is 22.6 Å². The molecule has 1 heterocycles. The molecule has 0 aliphatic carbocycles. The maximum atomic E-state index is 11.9. The van der Waals surface area contributed by atoms with Crippen LogP contribution in [0.25, 0.3) is 0 Å². The van der Waals surface area contributed by atoms with Gasteiger partial charge in [-0.05, 0) is 31.2 Å². The van der Waals surface area contributed by atoms with E-state index in [-0.39, 0.29) is 11.9 Å². The van der Waals surface area contributed by atoms with Gasteiger partial charge in [-0.2, -0.15) is 0 Å². The Morgan fingerprint density at radius 2 is 2.18 bits per heavy atom. The largest absolute Gasteiger partial charge is 0.495 e. The molecular weight excluding hydrogens is 216 g/mol. The first-order valence-corrected chi connectivity index (χ1v) is 5.70. The fourth-order valence-electron chi connectivity index (χ4n) is 2.36. The Morgan fingerprint density at radius 3 is 2.76 bits per heavy atom. The molecule has 4 nitrogen and oxygen atoms in total. The van der Waals surface area contributed by atoms with Crippen LogP contribution in [0.2, 0.25) is 0 Å². The summed E-state index contributed by atoms with van der Waals surface area (Å²) in [4.78, 5) is 13.6. The van der Waals surface area contributed by atoms with Crippen molar-refractivity contribution in [1.29, 1.82) is 0 Å². The van der Waals surface area contributed by atoms with Crippen LogP contribution in [0.1, 0.15) is 23.6 Å². The molecular formula is C13H18N2O2. The minimum absolute atomic E-state index is 0.0718. The van der Waals surface area contributed by atoms with Crippen LogP contribution in [0, 0.1) is 6.92 Å². The molecule has 1 unspecified atom stereocenters. The highest BCUT2D eigenvalue weighted by atomic mass is 16.5. The number of hydrogen-bond acceptors (Lipinski definition) is 3. The maximum Gasteiger partial charge on any atom is 0.228 e. The summed E-state index contributed by atoms with van der Waals surface area (Å²) in [5.74, 6) is 0.870. The predicted octanol–water partition coefficient (Wildman–Crippen LogP) is 1.63. The first kappa shape index (κ1) is 11.9. The number of hydrogen-bond donors (Lipinski definition) is 1. The Labute approximate surface area is 102 Å². The van der Waals surface area contributed by atoms with E-state index >= 15 is 0 Å². The summed E-state index contributed by atoms with van der Waals surface area (Å²) in [6, 6.07) is 4.14. The topological polar surface area (TPSA) is 41.6 Å². The number of fused-ring (bicyclic) bond motifs is 1. The number of amides is 1. The van der Waals surface area contributed by atoms with Gasteiger partial charge in [0.05, 0.1) is 12.8 Å². The summed E-state index contributed by atoms with van der Waals surface area (Å²) >= 11 is 0. The number of anilines is 1. The van der Waals surface area contributed by atoms with E-state index in [2.05, 4.69) is 11.4 Å². The van der Waals surface area contributed by atoms with Crippen molar-refractivity contribution >= 4 is 11.6 Å². The lowest BCUT2D eigenvalue weighted by Gasteiger charge is -2.33. The normalized spacial score (nSPS) is 19.2. The molecule has 0 bridgehead atoms. The molecule has 0 radical (unpaired) electrons. The number of ether oxygens (including phenoxy) is 1. The van der Waals surface area contributed by atoms with Gasteiger partial charge in [0.2, 0.25) is 5.91 Å². The first-order valence-electron chi connectivity index (χ1n) is 5.70. The van der Waals surface area contributed by atoms with Gasteiger partial charge < -0.3 is 15.0 Å². The zero-order valence-electron chi connectivity index (χ0n) is 10.7. The second-order valence-corrected chi connectivity index (χ2v) is 4.40. The molecule has 1 aliphatic rings. The third-order valence-electron chi connectivity index (χ3n) is 3.28. The molecule has 0 saturated carbocycles. The molecule has 1 aromatic rings. The van der Waals surface area contributed by atoms with E-state index in [1.54, 1.807) is 19.1 Å². The van der Waals surface area contributed by atoms with Crippen LogP contribution in [-0.2, 0) is 4.79 Å². The highest BCUT2D eigenvalue weighted by molar-refractivity contribution is 5.98. The summed E-state index contributed by atoms with van der Waals surface area (Å²) < 4.78 is 5.38. The van der Waals surface area contributed by atoms with E-state index in [1.807, 2.05) is 20.0 Å². The highest BCUT2D eigenvalue weighted by Crippen LogP contribution is 2.41. The third kappa shape index (κ3) is 1.89. The third-order valence-corrected chi connectivity index (χ3v) is 3.28.